The number of nitrogens with two attached hydrogens (primary N) is 1. The number of carbonyl (C=O) groups is 1. The van der Waals surface area contributed by atoms with Crippen molar-refractivity contribution in [1.29, 1.82) is 0 Å². The van der Waals surface area contributed by atoms with Crippen LogP contribution in [0, 0.1) is 0 Å². The summed E-state index contributed by atoms with van der Waals surface area (Å²) in [5.74, 6) is 1.21. The van der Waals surface area contributed by atoms with Crippen LogP contribution in [0.1, 0.15) is 12.0 Å². The van der Waals surface area contributed by atoms with Gasteiger partial charge in [0.1, 0.15) is 0 Å². The van der Waals surface area contributed by atoms with E-state index in [0.29, 0.717) is 43.1 Å². The Morgan fingerprint density at radius 1 is 1.23 bits per heavy atom. The smallest absolute Gasteiger partial charge is 0.223 e. The zero-order valence-corrected chi connectivity index (χ0v) is 13.3. The van der Waals surface area contributed by atoms with Crippen LogP contribution in [0.5, 0.6) is 11.5 Å². The number of benzene rings is 1. The largest absolute Gasteiger partial charge is 0.493 e. The van der Waals surface area contributed by atoms with Crippen LogP contribution in [-0.2, 0) is 11.2 Å². The van der Waals surface area contributed by atoms with E-state index >= 15 is 0 Å². The van der Waals surface area contributed by atoms with Crippen LogP contribution in [0.3, 0.4) is 0 Å². The minimum Gasteiger partial charge on any atom is -0.493 e. The fourth-order valence-electron chi connectivity index (χ4n) is 2.24. The Bertz CT molecular complexity index is 531. The molecule has 0 fully saturated rings. The zero-order valence-electron chi connectivity index (χ0n) is 13.3. The minimum absolute atomic E-state index is 0.0308. The Morgan fingerprint density at radius 2 is 1.86 bits per heavy atom. The maximum Gasteiger partial charge on any atom is 0.223 e. The summed E-state index contributed by atoms with van der Waals surface area (Å²) in [6, 6.07) is 3.51. The number of amides is 1. The molecule has 2 N–H and O–H groups in total. The Kier molecular flexibility index (Phi) is 7.02. The second-order valence-corrected chi connectivity index (χ2v) is 4.79. The van der Waals surface area contributed by atoms with Gasteiger partial charge in [-0.05, 0) is 12.5 Å². The van der Waals surface area contributed by atoms with E-state index in [-0.39, 0.29) is 5.91 Å². The van der Waals surface area contributed by atoms with Crippen molar-refractivity contribution in [3.05, 3.63) is 43.0 Å². The predicted molar refractivity (Wildman–Crippen MR) is 89.3 cm³/mol. The lowest BCUT2D eigenvalue weighted by Gasteiger charge is -2.20. The molecule has 0 saturated heterocycles. The Balaban J connectivity index is 2.86. The van der Waals surface area contributed by atoms with Gasteiger partial charge < -0.3 is 20.1 Å². The summed E-state index contributed by atoms with van der Waals surface area (Å²) >= 11 is 0. The molecule has 0 heterocycles. The quantitative estimate of drug-likeness (QED) is 0.562. The molecule has 1 amide bonds. The number of aryl methyl sites for hydroxylation is 1. The number of methoxy groups -OCH3 is 2. The molecule has 0 aromatic heterocycles. The standard InChI is InChI=1S/C17H24N2O3/c1-5-9-19(10-6-2)16(20)8-7-13-11-14(18)12-15(21-3)17(13)22-4/h5-6,11-12H,1-2,7-10,18H2,3-4H3. The van der Waals surface area contributed by atoms with E-state index in [1.165, 1.54) is 0 Å². The number of ether oxygens (including phenoxy) is 2. The van der Waals surface area contributed by atoms with Gasteiger partial charge in [-0.1, -0.05) is 12.2 Å². The molecular weight excluding hydrogens is 280 g/mol. The third-order valence-electron chi connectivity index (χ3n) is 3.24. The number of nitrogens with zero attached hydrogens (tertiary/aromatic N) is 1. The molecule has 1 aromatic rings. The van der Waals surface area contributed by atoms with Gasteiger partial charge in [0.25, 0.3) is 0 Å². The maximum atomic E-state index is 12.3. The summed E-state index contributed by atoms with van der Waals surface area (Å²) in [6.07, 6.45) is 4.27. The van der Waals surface area contributed by atoms with Gasteiger partial charge in [0.05, 0.1) is 14.2 Å². The monoisotopic (exact) mass is 304 g/mol. The first-order valence-corrected chi connectivity index (χ1v) is 7.07. The third kappa shape index (κ3) is 4.55. The third-order valence-corrected chi connectivity index (χ3v) is 3.24. The summed E-state index contributed by atoms with van der Waals surface area (Å²) in [7, 11) is 3.13. The first kappa shape index (κ1) is 17.6. The molecule has 5 nitrogen and oxygen atoms in total. The second kappa shape index (κ2) is 8.77. The lowest BCUT2D eigenvalue weighted by molar-refractivity contribution is -0.130. The number of nitrogen functional groups attached to an aromatic ring is 1. The van der Waals surface area contributed by atoms with Crippen molar-refractivity contribution >= 4 is 11.6 Å². The maximum absolute atomic E-state index is 12.3. The summed E-state index contributed by atoms with van der Waals surface area (Å²) in [5.41, 5.74) is 7.29. The van der Waals surface area contributed by atoms with Crippen molar-refractivity contribution in [3.8, 4) is 11.5 Å². The summed E-state index contributed by atoms with van der Waals surface area (Å²) in [5, 5.41) is 0. The number of carbonyl (C=O) groups excluding carboxylic acids is 1. The minimum atomic E-state index is 0.0308. The van der Waals surface area contributed by atoms with Crippen LogP contribution >= 0.6 is 0 Å². The summed E-state index contributed by atoms with van der Waals surface area (Å²) in [6.45, 7) is 8.33. The van der Waals surface area contributed by atoms with E-state index in [2.05, 4.69) is 13.2 Å². The molecule has 120 valence electrons. The molecule has 0 bridgehead atoms. The molecule has 22 heavy (non-hydrogen) atoms. The van der Waals surface area contributed by atoms with E-state index in [4.69, 9.17) is 15.2 Å². The van der Waals surface area contributed by atoms with Crippen LogP contribution in [-0.4, -0.2) is 38.1 Å². The highest BCUT2D eigenvalue weighted by Gasteiger charge is 2.15. The van der Waals surface area contributed by atoms with Crippen molar-refractivity contribution in [2.75, 3.05) is 33.0 Å². The molecule has 0 aliphatic heterocycles. The molecule has 1 aromatic carbocycles. The van der Waals surface area contributed by atoms with Gasteiger partial charge in [-0.3, -0.25) is 4.79 Å². The molecular formula is C17H24N2O3. The summed E-state index contributed by atoms with van der Waals surface area (Å²) < 4.78 is 10.6. The first-order chi connectivity index (χ1) is 10.6. The average Bonchev–Trinajstić information content (AvgIpc) is 2.51. The lowest BCUT2D eigenvalue weighted by atomic mass is 10.1. The van der Waals surface area contributed by atoms with Crippen molar-refractivity contribution in [1.82, 2.24) is 4.90 Å². The summed E-state index contributed by atoms with van der Waals surface area (Å²) in [4.78, 5) is 14.0. The van der Waals surface area contributed by atoms with Gasteiger partial charge in [-0.15, -0.1) is 13.2 Å². The molecule has 0 aliphatic rings. The molecule has 0 atom stereocenters. The van der Waals surface area contributed by atoms with Crippen molar-refractivity contribution < 1.29 is 14.3 Å². The molecule has 0 spiro atoms. The van der Waals surface area contributed by atoms with Gasteiger partial charge in [-0.2, -0.15) is 0 Å². The molecule has 0 unspecified atom stereocenters. The first-order valence-electron chi connectivity index (χ1n) is 7.07. The topological polar surface area (TPSA) is 64.8 Å². The number of anilines is 1. The van der Waals surface area contributed by atoms with Crippen LogP contribution < -0.4 is 15.2 Å². The van der Waals surface area contributed by atoms with Crippen LogP contribution in [0.4, 0.5) is 5.69 Å². The number of rotatable bonds is 9. The van der Waals surface area contributed by atoms with Gasteiger partial charge in [0.15, 0.2) is 11.5 Å². The second-order valence-electron chi connectivity index (χ2n) is 4.79. The van der Waals surface area contributed by atoms with E-state index in [0.717, 1.165) is 5.56 Å². The van der Waals surface area contributed by atoms with Gasteiger partial charge in [0, 0.05) is 36.8 Å². The highest BCUT2D eigenvalue weighted by Crippen LogP contribution is 2.34. The van der Waals surface area contributed by atoms with Gasteiger partial charge >= 0.3 is 0 Å². The Hall–Kier alpha value is -2.43. The molecule has 0 saturated carbocycles. The number of hydrogen-bond acceptors (Lipinski definition) is 4. The van der Waals surface area contributed by atoms with E-state index in [1.807, 2.05) is 0 Å². The van der Waals surface area contributed by atoms with Gasteiger partial charge in [0.2, 0.25) is 5.91 Å². The van der Waals surface area contributed by atoms with Gasteiger partial charge in [-0.25, -0.2) is 0 Å². The van der Waals surface area contributed by atoms with Crippen molar-refractivity contribution in [2.45, 2.75) is 12.8 Å². The fraction of sp³-hybridized carbons (Fsp3) is 0.353. The molecule has 5 heteroatoms. The predicted octanol–water partition coefficient (Wildman–Crippen LogP) is 2.42. The normalized spacial score (nSPS) is 9.91. The fourth-order valence-corrected chi connectivity index (χ4v) is 2.24. The van der Waals surface area contributed by atoms with E-state index in [9.17, 15) is 4.79 Å². The average molecular weight is 304 g/mol. The van der Waals surface area contributed by atoms with Crippen molar-refractivity contribution in [2.24, 2.45) is 0 Å². The molecule has 0 aliphatic carbocycles. The Morgan fingerprint density at radius 3 is 2.36 bits per heavy atom. The zero-order chi connectivity index (χ0) is 16.5. The highest BCUT2D eigenvalue weighted by atomic mass is 16.5. The molecule has 0 radical (unpaired) electrons. The highest BCUT2D eigenvalue weighted by molar-refractivity contribution is 5.77. The van der Waals surface area contributed by atoms with Crippen molar-refractivity contribution in [3.63, 3.8) is 0 Å². The molecule has 1 rings (SSSR count). The van der Waals surface area contributed by atoms with E-state index < -0.39 is 0 Å². The SMILES string of the molecule is C=CCN(CC=C)C(=O)CCc1cc(N)cc(OC)c1OC. The number of hydrogen-bond donors (Lipinski definition) is 1. The Labute approximate surface area is 132 Å². The van der Waals surface area contributed by atoms with Crippen LogP contribution in [0.25, 0.3) is 0 Å². The van der Waals surface area contributed by atoms with Crippen LogP contribution in [0.15, 0.2) is 37.4 Å². The van der Waals surface area contributed by atoms with E-state index in [1.54, 1.807) is 43.4 Å². The lowest BCUT2D eigenvalue weighted by Crippen LogP contribution is -2.31. The van der Waals surface area contributed by atoms with Crippen LogP contribution in [0.2, 0.25) is 0 Å².